The Kier molecular flexibility index (Phi) is 4.24. The lowest BCUT2D eigenvalue weighted by Gasteiger charge is -2.10. The van der Waals surface area contributed by atoms with Gasteiger partial charge in [-0.3, -0.25) is 0 Å². The number of benzene rings is 6. The number of fused-ring (bicyclic) bond motifs is 12. The molecule has 3 aromatic heterocycles. The largest absolute Gasteiger partial charge is 0.308 e. The first-order valence-electron chi connectivity index (χ1n) is 13.3. The maximum atomic E-state index is 2.48. The molecule has 0 saturated carbocycles. The molecule has 0 aliphatic heterocycles. The molecule has 0 aliphatic rings. The summed E-state index contributed by atoms with van der Waals surface area (Å²) in [5.41, 5.74) is 6.17. The minimum absolute atomic E-state index is 1.19. The van der Waals surface area contributed by atoms with Crippen LogP contribution in [-0.2, 0) is 0 Å². The van der Waals surface area contributed by atoms with Crippen molar-refractivity contribution < 1.29 is 0 Å². The lowest BCUT2D eigenvalue weighted by molar-refractivity contribution is 1.19. The van der Waals surface area contributed by atoms with Crippen LogP contribution >= 0.6 is 11.3 Å². The second kappa shape index (κ2) is 7.83. The Balaban J connectivity index is 1.62. The summed E-state index contributed by atoms with van der Waals surface area (Å²) in [4.78, 5) is 1.29. The van der Waals surface area contributed by atoms with E-state index in [4.69, 9.17) is 0 Å². The molecule has 9 aromatic rings. The molecule has 0 saturated heterocycles. The number of para-hydroxylation sites is 4. The van der Waals surface area contributed by atoms with Gasteiger partial charge in [-0.15, -0.1) is 11.3 Å². The number of thiophene rings is 1. The van der Waals surface area contributed by atoms with Crippen molar-refractivity contribution in [3.05, 3.63) is 133 Å². The molecule has 9 rings (SSSR count). The van der Waals surface area contributed by atoms with Crippen LogP contribution in [0.15, 0.2) is 133 Å². The molecule has 182 valence electrons. The average molecular weight is 515 g/mol. The molecule has 3 heterocycles. The molecule has 0 atom stereocenters. The van der Waals surface area contributed by atoms with Crippen molar-refractivity contribution >= 4 is 75.1 Å². The molecule has 0 spiro atoms. The minimum Gasteiger partial charge on any atom is -0.308 e. The van der Waals surface area contributed by atoms with Crippen LogP contribution in [0.5, 0.6) is 0 Å². The van der Waals surface area contributed by atoms with Gasteiger partial charge >= 0.3 is 0 Å². The topological polar surface area (TPSA) is 9.86 Å². The highest BCUT2D eigenvalue weighted by molar-refractivity contribution is 7.27. The highest BCUT2D eigenvalue weighted by Gasteiger charge is 2.24. The fourth-order valence-electron chi connectivity index (χ4n) is 6.57. The van der Waals surface area contributed by atoms with Crippen LogP contribution in [0.4, 0.5) is 0 Å². The molecule has 0 N–H and O–H groups in total. The lowest BCUT2D eigenvalue weighted by atomic mass is 9.98. The van der Waals surface area contributed by atoms with Crippen molar-refractivity contribution in [2.24, 2.45) is 0 Å². The quantitative estimate of drug-likeness (QED) is 0.217. The van der Waals surface area contributed by atoms with E-state index in [0.29, 0.717) is 0 Å². The van der Waals surface area contributed by atoms with E-state index in [1.165, 1.54) is 75.2 Å². The summed E-state index contributed by atoms with van der Waals surface area (Å²) in [6.07, 6.45) is 0. The standard InChI is InChI=1S/C36H22N2S/c1-3-13-23(14-4-1)37-29-21-11-9-19-27(29)31-25-17-7-8-18-26(25)32-33-28-20-10-12-22-30(28)38(24-15-5-2-6-16-24)36(33)39-35(32)34(31)37/h1-22H. The molecule has 0 aliphatic carbocycles. The van der Waals surface area contributed by atoms with E-state index < -0.39 is 0 Å². The summed E-state index contributed by atoms with van der Waals surface area (Å²) in [5.74, 6) is 0. The van der Waals surface area contributed by atoms with Crippen molar-refractivity contribution in [1.29, 1.82) is 0 Å². The minimum atomic E-state index is 1.19. The first-order valence-corrected chi connectivity index (χ1v) is 14.1. The van der Waals surface area contributed by atoms with Crippen LogP contribution in [0, 0.1) is 0 Å². The van der Waals surface area contributed by atoms with E-state index in [1.54, 1.807) is 0 Å². The predicted octanol–water partition coefficient (Wildman–Crippen LogP) is 10.2. The summed E-state index contributed by atoms with van der Waals surface area (Å²) in [6.45, 7) is 0. The zero-order valence-corrected chi connectivity index (χ0v) is 21.8. The molecule has 0 fully saturated rings. The SMILES string of the molecule is c1ccc(-n2c3ccccc3c3c4c5ccccc5c5c6ccccc6n(-c6ccccc6)c5c4sc32)cc1. The highest BCUT2D eigenvalue weighted by atomic mass is 32.1. The smallest absolute Gasteiger partial charge is 0.109 e. The van der Waals surface area contributed by atoms with Crippen LogP contribution in [-0.4, -0.2) is 9.13 Å². The number of hydrogen-bond donors (Lipinski definition) is 0. The van der Waals surface area contributed by atoms with Gasteiger partial charge in [0.05, 0.1) is 21.3 Å². The molecule has 0 unspecified atom stereocenters. The van der Waals surface area contributed by atoms with Crippen molar-refractivity contribution in [2.45, 2.75) is 0 Å². The molecule has 0 amide bonds. The van der Waals surface area contributed by atoms with Crippen molar-refractivity contribution in [2.75, 3.05) is 0 Å². The average Bonchev–Trinajstić information content (AvgIpc) is 3.65. The Morgan fingerprint density at radius 3 is 1.49 bits per heavy atom. The van der Waals surface area contributed by atoms with Crippen molar-refractivity contribution in [3.8, 4) is 11.4 Å². The summed E-state index contributed by atoms with van der Waals surface area (Å²) in [5, 5.41) is 9.25. The lowest BCUT2D eigenvalue weighted by Crippen LogP contribution is -1.93. The Hall–Kier alpha value is -4.86. The Bertz CT molecular complexity index is 2370. The Morgan fingerprint density at radius 1 is 0.385 bits per heavy atom. The molecule has 2 nitrogen and oxygen atoms in total. The third-order valence-electron chi connectivity index (χ3n) is 8.09. The summed E-state index contributed by atoms with van der Waals surface area (Å²) >= 11 is 1.92. The molecular formula is C36H22N2S. The zero-order valence-electron chi connectivity index (χ0n) is 21.0. The highest BCUT2D eigenvalue weighted by Crippen LogP contribution is 2.50. The van der Waals surface area contributed by atoms with E-state index in [1.807, 2.05) is 11.3 Å². The van der Waals surface area contributed by atoms with Gasteiger partial charge in [0.25, 0.3) is 0 Å². The van der Waals surface area contributed by atoms with Gasteiger partial charge in [0.2, 0.25) is 0 Å². The summed E-state index contributed by atoms with van der Waals surface area (Å²) < 4.78 is 6.26. The van der Waals surface area contributed by atoms with Gasteiger partial charge in [-0.1, -0.05) is 97.1 Å². The Morgan fingerprint density at radius 2 is 0.846 bits per heavy atom. The first kappa shape index (κ1) is 21.1. The third-order valence-corrected chi connectivity index (χ3v) is 9.27. The van der Waals surface area contributed by atoms with Gasteiger partial charge in [0, 0.05) is 38.3 Å². The van der Waals surface area contributed by atoms with Gasteiger partial charge < -0.3 is 9.13 Å². The Labute approximate surface area is 228 Å². The first-order chi connectivity index (χ1) is 19.4. The second-order valence-electron chi connectivity index (χ2n) is 10.1. The summed E-state index contributed by atoms with van der Waals surface area (Å²) in [6, 6.07) is 48.3. The number of hydrogen-bond acceptors (Lipinski definition) is 1. The molecule has 0 bridgehead atoms. The predicted molar refractivity (Wildman–Crippen MR) is 168 cm³/mol. The fraction of sp³-hybridized carbons (Fsp3) is 0. The molecule has 6 aromatic carbocycles. The zero-order chi connectivity index (χ0) is 25.5. The maximum Gasteiger partial charge on any atom is 0.109 e. The van der Waals surface area contributed by atoms with E-state index in [-0.39, 0.29) is 0 Å². The molecule has 3 heteroatoms. The third kappa shape index (κ3) is 2.75. The fourth-order valence-corrected chi connectivity index (χ4v) is 7.97. The van der Waals surface area contributed by atoms with Crippen LogP contribution < -0.4 is 0 Å². The van der Waals surface area contributed by atoms with Gasteiger partial charge in [-0.25, -0.2) is 0 Å². The normalized spacial score (nSPS) is 12.1. The molecule has 39 heavy (non-hydrogen) atoms. The van der Waals surface area contributed by atoms with Crippen LogP contribution in [0.3, 0.4) is 0 Å². The summed E-state index contributed by atoms with van der Waals surface area (Å²) in [7, 11) is 0. The van der Waals surface area contributed by atoms with Crippen molar-refractivity contribution in [1.82, 2.24) is 9.13 Å². The molecular weight excluding hydrogens is 492 g/mol. The van der Waals surface area contributed by atoms with E-state index >= 15 is 0 Å². The number of aromatic nitrogens is 2. The van der Waals surface area contributed by atoms with E-state index in [0.717, 1.165) is 0 Å². The number of nitrogens with zero attached hydrogens (tertiary/aromatic N) is 2. The van der Waals surface area contributed by atoms with Gasteiger partial charge in [0.1, 0.15) is 4.83 Å². The van der Waals surface area contributed by atoms with Crippen LogP contribution in [0.1, 0.15) is 0 Å². The number of rotatable bonds is 2. The van der Waals surface area contributed by atoms with E-state index in [9.17, 15) is 0 Å². The molecule has 0 radical (unpaired) electrons. The van der Waals surface area contributed by atoms with Crippen molar-refractivity contribution in [3.63, 3.8) is 0 Å². The monoisotopic (exact) mass is 514 g/mol. The van der Waals surface area contributed by atoms with E-state index in [2.05, 4.69) is 143 Å². The van der Waals surface area contributed by atoms with Crippen LogP contribution in [0.2, 0.25) is 0 Å². The maximum absolute atomic E-state index is 2.48. The van der Waals surface area contributed by atoms with Gasteiger partial charge in [-0.05, 0) is 47.2 Å². The second-order valence-corrected chi connectivity index (χ2v) is 11.1. The van der Waals surface area contributed by atoms with Gasteiger partial charge in [-0.2, -0.15) is 0 Å². The van der Waals surface area contributed by atoms with Crippen LogP contribution in [0.25, 0.3) is 75.2 Å². The van der Waals surface area contributed by atoms with Gasteiger partial charge in [0.15, 0.2) is 0 Å².